The van der Waals surface area contributed by atoms with Gasteiger partial charge in [0.05, 0.1) is 6.10 Å². The van der Waals surface area contributed by atoms with Crippen molar-refractivity contribution in [3.63, 3.8) is 0 Å². The van der Waals surface area contributed by atoms with E-state index in [0.717, 1.165) is 43.4 Å². The van der Waals surface area contributed by atoms with Crippen LogP contribution in [-0.4, -0.2) is 40.2 Å². The minimum Gasteiger partial charge on any atom is -0.480 e. The van der Waals surface area contributed by atoms with E-state index in [1.165, 1.54) is 39.0 Å². The zero-order valence-electron chi connectivity index (χ0n) is 19.7. The molecule has 6 N–H and O–H groups in total. The summed E-state index contributed by atoms with van der Waals surface area (Å²) in [5.74, 6) is 2.55. The van der Waals surface area contributed by atoms with Gasteiger partial charge in [0, 0.05) is 12.8 Å². The number of rotatable bonds is 4. The molecule has 0 bridgehead atoms. The molecule has 0 aromatic carbocycles. The highest BCUT2D eigenvalue weighted by Crippen LogP contribution is 2.65. The highest BCUT2D eigenvalue weighted by Gasteiger charge is 2.59. The summed E-state index contributed by atoms with van der Waals surface area (Å²) in [7, 11) is 0. The molecule has 0 aromatic heterocycles. The van der Waals surface area contributed by atoms with E-state index < -0.39 is 11.5 Å². The lowest BCUT2D eigenvalue weighted by Gasteiger charge is -2.60. The summed E-state index contributed by atoms with van der Waals surface area (Å²) in [6.07, 6.45) is 11.1. The maximum absolute atomic E-state index is 11.9. The van der Waals surface area contributed by atoms with Gasteiger partial charge >= 0.3 is 5.97 Å². The second-order valence-corrected chi connectivity index (χ2v) is 11.7. The Labute approximate surface area is 187 Å². The quantitative estimate of drug-likeness (QED) is 0.534. The van der Waals surface area contributed by atoms with E-state index in [1.54, 1.807) is 0 Å². The number of hydrogen-bond donors (Lipinski definition) is 4. The Morgan fingerprint density at radius 3 is 2.42 bits per heavy atom. The Morgan fingerprint density at radius 2 is 1.77 bits per heavy atom. The minimum absolute atomic E-state index is 0.0677. The molecule has 0 saturated heterocycles. The standard InChI is InChI=1S/C19H30O2.C6H14N2O2/c1-18-9-7-13(20)11-12(18)3-4-14-15-5-6-17(21)19(15,2)10-8-16(14)18;1-6(8,5(9)10)3-2-4-7/h12,14-17,21H,3-11H2,1-2H3;2-4,7-8H2,1H3,(H,9,10)/t12-,14-,15-,16-,17-,18-,19-;/m0./s1. The first-order chi connectivity index (χ1) is 14.5. The molecule has 4 aliphatic rings. The van der Waals surface area contributed by atoms with E-state index in [0.29, 0.717) is 36.5 Å². The second-order valence-electron chi connectivity index (χ2n) is 11.7. The number of aliphatic carboxylic acids is 1. The monoisotopic (exact) mass is 436 g/mol. The summed E-state index contributed by atoms with van der Waals surface area (Å²) < 4.78 is 0. The predicted molar refractivity (Wildman–Crippen MR) is 121 cm³/mol. The maximum atomic E-state index is 11.9. The van der Waals surface area contributed by atoms with E-state index in [-0.39, 0.29) is 11.5 Å². The predicted octanol–water partition coefficient (Wildman–Crippen LogP) is 3.49. The van der Waals surface area contributed by atoms with Crippen LogP contribution < -0.4 is 11.5 Å². The first-order valence-electron chi connectivity index (χ1n) is 12.4. The van der Waals surface area contributed by atoms with Crippen LogP contribution in [0.2, 0.25) is 0 Å². The molecule has 178 valence electrons. The third-order valence-corrected chi connectivity index (χ3v) is 9.82. The Bertz CT molecular complexity index is 680. The first kappa shape index (κ1) is 24.7. The van der Waals surface area contributed by atoms with Crippen LogP contribution in [0.3, 0.4) is 0 Å². The number of carbonyl (C=O) groups is 2. The third kappa shape index (κ3) is 4.58. The van der Waals surface area contributed by atoms with E-state index in [2.05, 4.69) is 13.8 Å². The number of hydrogen-bond acceptors (Lipinski definition) is 5. The number of aliphatic hydroxyl groups is 1. The van der Waals surface area contributed by atoms with Gasteiger partial charge in [0.2, 0.25) is 0 Å². The average molecular weight is 437 g/mol. The summed E-state index contributed by atoms with van der Waals surface area (Å²) >= 11 is 0. The van der Waals surface area contributed by atoms with Crippen molar-refractivity contribution in [1.29, 1.82) is 0 Å². The van der Waals surface area contributed by atoms with Crippen LogP contribution in [0.1, 0.15) is 91.4 Å². The Morgan fingerprint density at radius 1 is 1.10 bits per heavy atom. The van der Waals surface area contributed by atoms with Crippen molar-refractivity contribution in [3.05, 3.63) is 0 Å². The first-order valence-corrected chi connectivity index (χ1v) is 12.4. The minimum atomic E-state index is -1.11. The number of carboxylic acid groups (broad SMARTS) is 1. The number of fused-ring (bicyclic) bond motifs is 5. The van der Waals surface area contributed by atoms with E-state index in [1.807, 2.05) is 0 Å². The van der Waals surface area contributed by atoms with Gasteiger partial charge in [0.15, 0.2) is 0 Å². The fraction of sp³-hybridized carbons (Fsp3) is 0.920. The fourth-order valence-corrected chi connectivity index (χ4v) is 7.59. The van der Waals surface area contributed by atoms with Crippen molar-refractivity contribution in [1.82, 2.24) is 0 Å². The molecule has 0 amide bonds. The number of nitrogens with two attached hydrogens (primary N) is 2. The summed E-state index contributed by atoms with van der Waals surface area (Å²) in [5.41, 5.74) is 10.1. The topological polar surface area (TPSA) is 127 Å². The smallest absolute Gasteiger partial charge is 0.323 e. The van der Waals surface area contributed by atoms with Crippen LogP contribution in [0.15, 0.2) is 0 Å². The van der Waals surface area contributed by atoms with Gasteiger partial charge in [0.1, 0.15) is 11.3 Å². The van der Waals surface area contributed by atoms with Crippen LogP contribution in [0.4, 0.5) is 0 Å². The number of ketones is 1. The lowest BCUT2D eigenvalue weighted by molar-refractivity contribution is -0.143. The molecular weight excluding hydrogens is 392 g/mol. The van der Waals surface area contributed by atoms with Crippen molar-refractivity contribution in [2.24, 2.45) is 46.0 Å². The van der Waals surface area contributed by atoms with Crippen molar-refractivity contribution < 1.29 is 19.8 Å². The summed E-state index contributed by atoms with van der Waals surface area (Å²) in [4.78, 5) is 22.2. The average Bonchev–Trinajstić information content (AvgIpc) is 3.02. The number of Topliss-reactive ketones (excluding diaryl/α,β-unsaturated/α-hetero) is 1. The van der Waals surface area contributed by atoms with Crippen molar-refractivity contribution in [2.75, 3.05) is 6.54 Å². The van der Waals surface area contributed by atoms with Gasteiger partial charge < -0.3 is 21.7 Å². The summed E-state index contributed by atoms with van der Waals surface area (Å²) in [5, 5.41) is 19.0. The molecule has 6 heteroatoms. The van der Waals surface area contributed by atoms with Crippen molar-refractivity contribution in [3.8, 4) is 0 Å². The largest absolute Gasteiger partial charge is 0.480 e. The van der Waals surface area contributed by atoms with Crippen LogP contribution in [-0.2, 0) is 9.59 Å². The van der Waals surface area contributed by atoms with E-state index in [4.69, 9.17) is 16.6 Å². The molecule has 0 radical (unpaired) electrons. The van der Waals surface area contributed by atoms with Crippen LogP contribution >= 0.6 is 0 Å². The van der Waals surface area contributed by atoms with Crippen molar-refractivity contribution in [2.45, 2.75) is 103 Å². The molecule has 8 atom stereocenters. The van der Waals surface area contributed by atoms with Crippen LogP contribution in [0, 0.1) is 34.5 Å². The lowest BCUT2D eigenvalue weighted by Crippen LogP contribution is -2.54. The van der Waals surface area contributed by atoms with Crippen LogP contribution in [0.5, 0.6) is 0 Å². The Kier molecular flexibility index (Phi) is 7.24. The third-order valence-electron chi connectivity index (χ3n) is 9.82. The molecule has 4 aliphatic carbocycles. The SMILES string of the molecule is CC(N)(CCCN)C(=O)O.C[C@]12CCC(=O)C[C@@H]1CC[C@@H]1[C@@H]2CC[C@]2(C)[C@@H](O)CC[C@@H]12. The summed E-state index contributed by atoms with van der Waals surface area (Å²) in [6, 6.07) is 0. The van der Waals surface area contributed by atoms with E-state index >= 15 is 0 Å². The molecule has 6 nitrogen and oxygen atoms in total. The Hall–Kier alpha value is -0.980. The Balaban J connectivity index is 0.000000233. The van der Waals surface area contributed by atoms with Gasteiger partial charge in [-0.2, -0.15) is 0 Å². The molecule has 0 spiro atoms. The molecule has 0 aromatic rings. The molecule has 4 rings (SSSR count). The molecule has 4 saturated carbocycles. The highest BCUT2D eigenvalue weighted by molar-refractivity contribution is 5.79. The molecule has 0 aliphatic heterocycles. The maximum Gasteiger partial charge on any atom is 0.323 e. The molecule has 0 heterocycles. The van der Waals surface area contributed by atoms with Gasteiger partial charge in [-0.25, -0.2) is 0 Å². The second kappa shape index (κ2) is 9.11. The molecule has 4 fully saturated rings. The number of carbonyl (C=O) groups excluding carboxylic acids is 1. The van der Waals surface area contributed by atoms with E-state index in [9.17, 15) is 14.7 Å². The van der Waals surface area contributed by atoms with Gasteiger partial charge in [-0.3, -0.25) is 9.59 Å². The molecular formula is C25H44N2O4. The van der Waals surface area contributed by atoms with Gasteiger partial charge in [0.25, 0.3) is 0 Å². The molecule has 1 unspecified atom stereocenters. The number of aliphatic hydroxyl groups excluding tert-OH is 1. The van der Waals surface area contributed by atoms with Crippen molar-refractivity contribution >= 4 is 11.8 Å². The zero-order chi connectivity index (χ0) is 23.0. The fourth-order valence-electron chi connectivity index (χ4n) is 7.59. The molecule has 31 heavy (non-hydrogen) atoms. The van der Waals surface area contributed by atoms with Gasteiger partial charge in [-0.15, -0.1) is 0 Å². The number of carboxylic acids is 1. The highest BCUT2D eigenvalue weighted by atomic mass is 16.4. The normalized spacial score (nSPS) is 43.5. The van der Waals surface area contributed by atoms with Gasteiger partial charge in [-0.05, 0) is 106 Å². The van der Waals surface area contributed by atoms with Gasteiger partial charge in [-0.1, -0.05) is 13.8 Å². The van der Waals surface area contributed by atoms with Crippen LogP contribution in [0.25, 0.3) is 0 Å². The summed E-state index contributed by atoms with van der Waals surface area (Å²) in [6.45, 7) is 6.82. The lowest BCUT2D eigenvalue weighted by atomic mass is 9.45. The zero-order valence-corrected chi connectivity index (χ0v) is 19.7.